The molecule has 0 spiro atoms. The lowest BCUT2D eigenvalue weighted by molar-refractivity contribution is -0.280. The fourth-order valence-electron chi connectivity index (χ4n) is 2.13. The summed E-state index contributed by atoms with van der Waals surface area (Å²) in [7, 11) is 0. The molecule has 1 amide bonds. The number of aliphatic hydroxyl groups is 4. The lowest BCUT2D eigenvalue weighted by Crippen LogP contribution is -2.63. The van der Waals surface area contributed by atoms with Crippen LogP contribution in [0.2, 0.25) is 0 Å². The number of carbonyl (C=O) groups is 2. The van der Waals surface area contributed by atoms with E-state index in [1.165, 1.54) is 6.92 Å². The summed E-state index contributed by atoms with van der Waals surface area (Å²) in [6.45, 7) is 0.596. The van der Waals surface area contributed by atoms with Crippen molar-refractivity contribution in [3.8, 4) is 0 Å². The van der Waals surface area contributed by atoms with Crippen LogP contribution in [-0.2, 0) is 14.3 Å². The predicted octanol–water partition coefficient (Wildman–Crippen LogP) is -2.84. The van der Waals surface area contributed by atoms with E-state index in [4.69, 9.17) is 14.9 Å². The highest BCUT2D eigenvalue weighted by Crippen LogP contribution is 2.30. The van der Waals surface area contributed by atoms with Gasteiger partial charge >= 0.3 is 5.97 Å². The fraction of sp³-hybridized carbons (Fsp3) is 0.818. The van der Waals surface area contributed by atoms with Crippen molar-refractivity contribution in [3.05, 3.63) is 0 Å². The first-order chi connectivity index (χ1) is 9.19. The van der Waals surface area contributed by atoms with E-state index in [-0.39, 0.29) is 6.42 Å². The van der Waals surface area contributed by atoms with Gasteiger partial charge in [0.1, 0.15) is 0 Å². The largest absolute Gasteiger partial charge is 0.477 e. The Morgan fingerprint density at radius 3 is 2.55 bits per heavy atom. The Labute approximate surface area is 114 Å². The molecule has 0 bridgehead atoms. The van der Waals surface area contributed by atoms with Gasteiger partial charge in [0.25, 0.3) is 5.79 Å². The fourth-order valence-corrected chi connectivity index (χ4v) is 2.13. The van der Waals surface area contributed by atoms with Crippen LogP contribution < -0.4 is 5.32 Å². The SMILES string of the molecule is CC(=O)N[C@H]1[C@H](C[C@H](O)CO)OC(O)(C(=O)O)C[C@@H]1O. The molecule has 1 unspecified atom stereocenters. The summed E-state index contributed by atoms with van der Waals surface area (Å²) in [6, 6.07) is -0.992. The molecule has 0 aliphatic carbocycles. The highest BCUT2D eigenvalue weighted by molar-refractivity contribution is 5.76. The molecule has 20 heavy (non-hydrogen) atoms. The van der Waals surface area contributed by atoms with E-state index in [1.54, 1.807) is 0 Å². The third kappa shape index (κ3) is 3.87. The molecule has 5 atom stereocenters. The Morgan fingerprint density at radius 2 is 2.10 bits per heavy atom. The highest BCUT2D eigenvalue weighted by atomic mass is 16.7. The van der Waals surface area contributed by atoms with Crippen molar-refractivity contribution >= 4 is 11.9 Å². The first-order valence-electron chi connectivity index (χ1n) is 6.07. The lowest BCUT2D eigenvalue weighted by atomic mass is 9.90. The molecule has 1 aliphatic rings. The van der Waals surface area contributed by atoms with Gasteiger partial charge in [-0.2, -0.15) is 0 Å². The number of hydrogen-bond donors (Lipinski definition) is 6. The molecule has 0 aromatic rings. The van der Waals surface area contributed by atoms with Gasteiger partial charge in [-0.05, 0) is 0 Å². The predicted molar refractivity (Wildman–Crippen MR) is 63.4 cm³/mol. The Morgan fingerprint density at radius 1 is 1.50 bits per heavy atom. The maximum Gasteiger partial charge on any atom is 0.364 e. The van der Waals surface area contributed by atoms with E-state index < -0.39 is 55.0 Å². The van der Waals surface area contributed by atoms with Crippen LogP contribution in [0.3, 0.4) is 0 Å². The van der Waals surface area contributed by atoms with E-state index in [1.807, 2.05) is 0 Å². The third-order valence-electron chi connectivity index (χ3n) is 3.07. The van der Waals surface area contributed by atoms with Crippen molar-refractivity contribution in [1.29, 1.82) is 0 Å². The Bertz CT molecular complexity index is 375. The van der Waals surface area contributed by atoms with Crippen LogP contribution in [0, 0.1) is 0 Å². The summed E-state index contributed by atoms with van der Waals surface area (Å²) >= 11 is 0. The summed E-state index contributed by atoms with van der Waals surface area (Å²) < 4.78 is 5.00. The molecule has 0 saturated carbocycles. The number of amides is 1. The molecule has 9 heteroatoms. The van der Waals surface area contributed by atoms with Crippen molar-refractivity contribution in [2.45, 2.75) is 49.9 Å². The molecule has 9 nitrogen and oxygen atoms in total. The molecule has 0 radical (unpaired) electrons. The molecule has 1 heterocycles. The van der Waals surface area contributed by atoms with E-state index in [9.17, 15) is 24.9 Å². The van der Waals surface area contributed by atoms with Crippen LogP contribution in [0.25, 0.3) is 0 Å². The molecule has 116 valence electrons. The van der Waals surface area contributed by atoms with Crippen molar-refractivity contribution in [1.82, 2.24) is 5.32 Å². The number of aliphatic carboxylic acids is 1. The Kier molecular flexibility index (Phi) is 5.42. The van der Waals surface area contributed by atoms with Gasteiger partial charge in [0.2, 0.25) is 5.91 Å². The second kappa shape index (κ2) is 6.46. The van der Waals surface area contributed by atoms with Crippen LogP contribution in [0.5, 0.6) is 0 Å². The number of carboxylic acids is 1. The summed E-state index contributed by atoms with van der Waals surface area (Å²) in [5.41, 5.74) is 0. The molecular weight excluding hydrogens is 274 g/mol. The minimum Gasteiger partial charge on any atom is -0.477 e. The number of hydrogen-bond acceptors (Lipinski definition) is 7. The van der Waals surface area contributed by atoms with Gasteiger partial charge in [-0.15, -0.1) is 0 Å². The zero-order valence-electron chi connectivity index (χ0n) is 10.9. The van der Waals surface area contributed by atoms with Crippen LogP contribution in [-0.4, -0.2) is 74.2 Å². The van der Waals surface area contributed by atoms with Gasteiger partial charge in [0, 0.05) is 19.8 Å². The Balaban J connectivity index is 2.93. The van der Waals surface area contributed by atoms with Crippen molar-refractivity contribution < 1.29 is 39.9 Å². The van der Waals surface area contributed by atoms with Crippen LogP contribution in [0.1, 0.15) is 19.8 Å². The van der Waals surface area contributed by atoms with Crippen molar-refractivity contribution in [2.75, 3.05) is 6.61 Å². The van der Waals surface area contributed by atoms with Gasteiger partial charge in [-0.3, -0.25) is 4.79 Å². The third-order valence-corrected chi connectivity index (χ3v) is 3.07. The van der Waals surface area contributed by atoms with Gasteiger partial charge in [-0.25, -0.2) is 4.79 Å². The summed E-state index contributed by atoms with van der Waals surface area (Å²) in [4.78, 5) is 22.1. The van der Waals surface area contributed by atoms with Gasteiger partial charge in [0.05, 0.1) is 31.0 Å². The van der Waals surface area contributed by atoms with E-state index >= 15 is 0 Å². The van der Waals surface area contributed by atoms with Gasteiger partial charge < -0.3 is 35.6 Å². The zero-order valence-corrected chi connectivity index (χ0v) is 10.9. The number of ether oxygens (including phenoxy) is 1. The maximum atomic E-state index is 11.1. The summed E-state index contributed by atoms with van der Waals surface area (Å²) in [6.07, 6.45) is -4.65. The minimum atomic E-state index is -2.60. The van der Waals surface area contributed by atoms with Gasteiger partial charge in [0.15, 0.2) is 0 Å². The number of nitrogens with one attached hydrogen (secondary N) is 1. The topological polar surface area (TPSA) is 157 Å². The number of aliphatic hydroxyl groups excluding tert-OH is 3. The Hall–Kier alpha value is -1.26. The first-order valence-corrected chi connectivity index (χ1v) is 6.07. The summed E-state index contributed by atoms with van der Waals surface area (Å²) in [5, 5.41) is 49.2. The molecule has 1 rings (SSSR count). The van der Waals surface area contributed by atoms with E-state index in [0.29, 0.717) is 0 Å². The highest BCUT2D eigenvalue weighted by Gasteiger charge is 2.51. The number of carboxylic acid groups (broad SMARTS) is 1. The number of rotatable bonds is 5. The molecule has 0 aromatic carbocycles. The standard InChI is InChI=1S/C11H19NO8/c1-5(14)12-9-7(16)3-11(19,10(17)18)20-8(9)2-6(15)4-13/h6-9,13,15-16,19H,2-4H2,1H3,(H,12,14)(H,17,18)/t6-,7-,8-,9+,11?/m0/s1. The monoisotopic (exact) mass is 293 g/mol. The second-order valence-corrected chi connectivity index (χ2v) is 4.82. The molecule has 1 saturated heterocycles. The lowest BCUT2D eigenvalue weighted by Gasteiger charge is -2.42. The summed E-state index contributed by atoms with van der Waals surface area (Å²) in [5.74, 6) is -4.77. The number of carbonyl (C=O) groups excluding carboxylic acids is 1. The second-order valence-electron chi connectivity index (χ2n) is 4.82. The zero-order chi connectivity index (χ0) is 15.5. The minimum absolute atomic E-state index is 0.256. The quantitative estimate of drug-likeness (QED) is 0.316. The van der Waals surface area contributed by atoms with Crippen LogP contribution in [0.15, 0.2) is 0 Å². The van der Waals surface area contributed by atoms with Crippen molar-refractivity contribution in [2.24, 2.45) is 0 Å². The average Bonchev–Trinajstić information content (AvgIpc) is 2.33. The smallest absolute Gasteiger partial charge is 0.364 e. The normalized spacial score (nSPS) is 35.4. The van der Waals surface area contributed by atoms with E-state index in [0.717, 1.165) is 0 Å². The van der Waals surface area contributed by atoms with Crippen LogP contribution >= 0.6 is 0 Å². The van der Waals surface area contributed by atoms with Gasteiger partial charge in [-0.1, -0.05) is 0 Å². The first kappa shape index (κ1) is 16.8. The van der Waals surface area contributed by atoms with Crippen LogP contribution in [0.4, 0.5) is 0 Å². The molecular formula is C11H19NO8. The van der Waals surface area contributed by atoms with E-state index in [2.05, 4.69) is 5.32 Å². The average molecular weight is 293 g/mol. The van der Waals surface area contributed by atoms with Crippen molar-refractivity contribution in [3.63, 3.8) is 0 Å². The molecule has 1 fully saturated rings. The molecule has 0 aromatic heterocycles. The maximum absolute atomic E-state index is 11.1. The molecule has 1 aliphatic heterocycles. The molecule has 6 N–H and O–H groups in total.